The predicted molar refractivity (Wildman–Crippen MR) is 188 cm³/mol. The first kappa shape index (κ1) is 41.9. The molecular formula is C33H52N8O8S. The van der Waals surface area contributed by atoms with Crippen molar-refractivity contribution >= 4 is 53.2 Å². The Labute approximate surface area is 297 Å². The molecule has 6 atom stereocenters. The molecule has 17 heteroatoms. The Balaban J connectivity index is 2.08. The van der Waals surface area contributed by atoms with Gasteiger partial charge in [-0.05, 0) is 76.5 Å². The summed E-state index contributed by atoms with van der Waals surface area (Å²) < 4.78 is 0. The number of hydrogen-bond acceptors (Lipinski definition) is 10. The number of unbranched alkanes of at least 4 members (excludes halogenated alkanes) is 1. The lowest BCUT2D eigenvalue weighted by atomic mass is 10.0. The van der Waals surface area contributed by atoms with Crippen LogP contribution in [0.5, 0.6) is 0 Å². The quantitative estimate of drug-likeness (QED) is 0.0686. The Morgan fingerprint density at radius 3 is 2.16 bits per heavy atom. The van der Waals surface area contributed by atoms with Crippen molar-refractivity contribution in [2.24, 2.45) is 11.5 Å². The maximum Gasteiger partial charge on any atom is 0.325 e. The lowest BCUT2D eigenvalue weighted by Crippen LogP contribution is -2.57. The summed E-state index contributed by atoms with van der Waals surface area (Å²) in [5.74, 6) is -4.22. The van der Waals surface area contributed by atoms with Gasteiger partial charge in [0.15, 0.2) is 0 Å². The minimum Gasteiger partial charge on any atom is -0.480 e. The molecule has 0 aliphatic carbocycles. The molecule has 0 bridgehead atoms. The average molecular weight is 721 g/mol. The zero-order valence-electron chi connectivity index (χ0n) is 28.9. The van der Waals surface area contributed by atoms with E-state index >= 15 is 0 Å². The molecule has 10 N–H and O–H groups in total. The van der Waals surface area contributed by atoms with Crippen LogP contribution in [0.15, 0.2) is 30.3 Å². The van der Waals surface area contributed by atoms with Crippen LogP contribution in [0.1, 0.15) is 57.9 Å². The average Bonchev–Trinajstić information content (AvgIpc) is 3.58. The second-order valence-corrected chi connectivity index (χ2v) is 13.2. The summed E-state index contributed by atoms with van der Waals surface area (Å²) in [6.45, 7) is 2.99. The number of carboxylic acids is 1. The molecule has 1 saturated heterocycles. The van der Waals surface area contributed by atoms with Gasteiger partial charge in [-0.1, -0.05) is 30.3 Å². The van der Waals surface area contributed by atoms with Gasteiger partial charge in [-0.3, -0.25) is 33.6 Å². The number of thioether (sulfide) groups is 1. The van der Waals surface area contributed by atoms with Crippen LogP contribution < -0.4 is 38.1 Å². The number of carbonyl (C=O) groups is 7. The van der Waals surface area contributed by atoms with E-state index in [0.29, 0.717) is 38.0 Å². The fraction of sp³-hybridized carbons (Fsp3) is 0.606. The third-order valence-corrected chi connectivity index (χ3v) is 8.79. The number of benzene rings is 1. The number of hydrogen-bond donors (Lipinski definition) is 8. The van der Waals surface area contributed by atoms with E-state index in [1.165, 1.54) is 30.5 Å². The summed E-state index contributed by atoms with van der Waals surface area (Å²) in [5, 5.41) is 22.1. The van der Waals surface area contributed by atoms with Crippen molar-refractivity contribution in [3.8, 4) is 0 Å². The highest BCUT2D eigenvalue weighted by Crippen LogP contribution is 2.20. The van der Waals surface area contributed by atoms with E-state index in [1.807, 2.05) is 36.6 Å². The highest BCUT2D eigenvalue weighted by atomic mass is 32.2. The Morgan fingerprint density at radius 2 is 1.54 bits per heavy atom. The van der Waals surface area contributed by atoms with Crippen molar-refractivity contribution in [2.45, 2.75) is 95.0 Å². The molecule has 50 heavy (non-hydrogen) atoms. The molecule has 1 aliphatic rings. The molecule has 0 aromatic heterocycles. The number of nitrogens with zero attached hydrogens (tertiary/aromatic N) is 1. The Hall–Kier alpha value is -4.22. The van der Waals surface area contributed by atoms with Crippen LogP contribution in [0.3, 0.4) is 0 Å². The van der Waals surface area contributed by atoms with Crippen molar-refractivity contribution in [1.29, 1.82) is 0 Å². The molecule has 1 aliphatic heterocycles. The van der Waals surface area contributed by atoms with Crippen LogP contribution in [0.25, 0.3) is 0 Å². The molecule has 2 rings (SSSR count). The number of rotatable bonds is 21. The largest absolute Gasteiger partial charge is 0.480 e. The van der Waals surface area contributed by atoms with E-state index in [-0.39, 0.29) is 25.8 Å². The molecule has 6 amide bonds. The second kappa shape index (κ2) is 21.8. The summed E-state index contributed by atoms with van der Waals surface area (Å²) in [5.41, 5.74) is 12.1. The topological polar surface area (TPSA) is 255 Å². The minimum absolute atomic E-state index is 0.193. The van der Waals surface area contributed by atoms with Gasteiger partial charge >= 0.3 is 5.97 Å². The lowest BCUT2D eigenvalue weighted by molar-refractivity contribution is -0.142. The first-order valence-electron chi connectivity index (χ1n) is 16.8. The van der Waals surface area contributed by atoms with Gasteiger partial charge in [0.1, 0.15) is 30.2 Å². The van der Waals surface area contributed by atoms with Gasteiger partial charge in [0.2, 0.25) is 35.4 Å². The van der Waals surface area contributed by atoms with Crippen LogP contribution in [-0.2, 0) is 40.0 Å². The molecule has 278 valence electrons. The zero-order valence-corrected chi connectivity index (χ0v) is 29.8. The molecule has 16 nitrogen and oxygen atoms in total. The van der Waals surface area contributed by atoms with Crippen LogP contribution in [0.4, 0.5) is 0 Å². The summed E-state index contributed by atoms with van der Waals surface area (Å²) >= 11 is 1.44. The molecule has 1 heterocycles. The Morgan fingerprint density at radius 1 is 0.900 bits per heavy atom. The molecule has 0 radical (unpaired) electrons. The van der Waals surface area contributed by atoms with E-state index in [2.05, 4.69) is 26.6 Å². The molecule has 1 aromatic carbocycles. The van der Waals surface area contributed by atoms with Gasteiger partial charge in [0.25, 0.3) is 0 Å². The summed E-state index contributed by atoms with van der Waals surface area (Å²) in [4.78, 5) is 91.2. The van der Waals surface area contributed by atoms with E-state index in [0.717, 1.165) is 5.56 Å². The number of aliphatic carboxylic acids is 1. The number of nitrogens with one attached hydrogen (secondary N) is 5. The van der Waals surface area contributed by atoms with Gasteiger partial charge in [0, 0.05) is 13.0 Å². The van der Waals surface area contributed by atoms with Crippen molar-refractivity contribution in [2.75, 3.05) is 31.6 Å². The number of amides is 6. The van der Waals surface area contributed by atoms with Crippen molar-refractivity contribution in [1.82, 2.24) is 31.5 Å². The third kappa shape index (κ3) is 14.0. The highest BCUT2D eigenvalue weighted by Gasteiger charge is 2.38. The summed E-state index contributed by atoms with van der Waals surface area (Å²) in [7, 11) is 0. The monoisotopic (exact) mass is 720 g/mol. The van der Waals surface area contributed by atoms with Gasteiger partial charge < -0.3 is 48.1 Å². The fourth-order valence-electron chi connectivity index (χ4n) is 5.30. The second-order valence-electron chi connectivity index (χ2n) is 12.3. The van der Waals surface area contributed by atoms with Gasteiger partial charge in [-0.2, -0.15) is 11.8 Å². The molecule has 0 saturated carbocycles. The number of carbonyl (C=O) groups excluding carboxylic acids is 6. The first-order valence-corrected chi connectivity index (χ1v) is 18.2. The minimum atomic E-state index is -1.23. The van der Waals surface area contributed by atoms with Gasteiger partial charge in [0.05, 0.1) is 12.6 Å². The van der Waals surface area contributed by atoms with Crippen molar-refractivity contribution in [3.05, 3.63) is 35.9 Å². The van der Waals surface area contributed by atoms with Crippen LogP contribution in [-0.4, -0.2) is 119 Å². The van der Waals surface area contributed by atoms with E-state index in [4.69, 9.17) is 11.5 Å². The molecule has 1 aromatic rings. The van der Waals surface area contributed by atoms with Crippen LogP contribution in [0, 0.1) is 0 Å². The smallest absolute Gasteiger partial charge is 0.325 e. The molecule has 1 fully saturated rings. The lowest BCUT2D eigenvalue weighted by Gasteiger charge is -2.29. The van der Waals surface area contributed by atoms with Gasteiger partial charge in [-0.15, -0.1) is 0 Å². The third-order valence-electron chi connectivity index (χ3n) is 8.14. The standard InChI is InChI=1S/C33H52N8O8S/c1-20(35)28(43)40-25(18-22-10-5-4-6-11-22)32(47)41-16-9-13-26(41)31(46)36-19-27(42)38-24(14-17-50-3)30(45)39-23(12-7-8-15-34)29(44)37-21(2)33(48)49/h4-6,10-11,20-21,23-26H,7-9,12-19,34-35H2,1-3H3,(H,36,46)(H,37,44)(H,38,42)(H,39,45)(H,40,43)(H,48,49)/t20-,21-,23-,24-,25-,26-/m0/s1. The maximum atomic E-state index is 13.7. The normalized spacial score (nSPS) is 17.0. The summed E-state index contributed by atoms with van der Waals surface area (Å²) in [6.07, 6.45) is 4.42. The predicted octanol–water partition coefficient (Wildman–Crippen LogP) is -1.39. The molecule has 0 spiro atoms. The van der Waals surface area contributed by atoms with E-state index in [9.17, 15) is 38.7 Å². The van der Waals surface area contributed by atoms with E-state index in [1.54, 1.807) is 0 Å². The molecule has 0 unspecified atom stereocenters. The zero-order chi connectivity index (χ0) is 37.2. The number of likely N-dealkylation sites (tertiary alicyclic amines) is 1. The number of nitrogens with two attached hydrogens (primary N) is 2. The Kier molecular flexibility index (Phi) is 18.3. The van der Waals surface area contributed by atoms with Crippen molar-refractivity contribution < 1.29 is 38.7 Å². The highest BCUT2D eigenvalue weighted by molar-refractivity contribution is 7.98. The maximum absolute atomic E-state index is 13.7. The SMILES string of the molecule is CSCC[C@H](NC(=O)CNC(=O)[C@@H]1CCCN1C(=O)[C@H](Cc1ccccc1)NC(=O)[C@H](C)N)C(=O)N[C@@H](CCCCN)C(=O)N[C@@H](C)C(=O)O. The fourth-order valence-corrected chi connectivity index (χ4v) is 5.77. The van der Waals surface area contributed by atoms with Gasteiger partial charge in [-0.25, -0.2) is 0 Å². The first-order chi connectivity index (χ1) is 23.8. The molecular weight excluding hydrogens is 668 g/mol. The van der Waals surface area contributed by atoms with Crippen LogP contribution >= 0.6 is 11.8 Å². The van der Waals surface area contributed by atoms with Crippen LogP contribution in [0.2, 0.25) is 0 Å². The number of carboxylic acid groups (broad SMARTS) is 1. The van der Waals surface area contributed by atoms with Crippen molar-refractivity contribution in [3.63, 3.8) is 0 Å². The van der Waals surface area contributed by atoms with E-state index < -0.39 is 84.2 Å². The summed E-state index contributed by atoms with van der Waals surface area (Å²) in [6, 6.07) is 3.15. The Bertz CT molecular complexity index is 1320.